The Morgan fingerprint density at radius 1 is 1.40 bits per heavy atom. The molecule has 6 heteroatoms. The second kappa shape index (κ2) is 6.36. The SMILES string of the molecule is O=C(O)CCN(C(=O)NCc1cccc(F)c1)C1CC1. The summed E-state index contributed by atoms with van der Waals surface area (Å²) in [6.07, 6.45) is 1.75. The van der Waals surface area contributed by atoms with Crippen LogP contribution in [0.4, 0.5) is 9.18 Å². The van der Waals surface area contributed by atoms with E-state index < -0.39 is 5.97 Å². The highest BCUT2D eigenvalue weighted by molar-refractivity contribution is 5.76. The van der Waals surface area contributed by atoms with Crippen LogP contribution >= 0.6 is 0 Å². The van der Waals surface area contributed by atoms with Crippen molar-refractivity contribution in [1.82, 2.24) is 10.2 Å². The first-order valence-electron chi connectivity index (χ1n) is 6.57. The lowest BCUT2D eigenvalue weighted by molar-refractivity contribution is -0.137. The number of aliphatic carboxylic acids is 1. The smallest absolute Gasteiger partial charge is 0.317 e. The number of rotatable bonds is 6. The van der Waals surface area contributed by atoms with Crippen molar-refractivity contribution in [2.45, 2.75) is 31.8 Å². The summed E-state index contributed by atoms with van der Waals surface area (Å²) in [5.74, 6) is -1.27. The quantitative estimate of drug-likeness (QED) is 0.837. The molecule has 2 rings (SSSR count). The summed E-state index contributed by atoms with van der Waals surface area (Å²) in [5.41, 5.74) is 0.673. The monoisotopic (exact) mass is 280 g/mol. The van der Waals surface area contributed by atoms with Crippen molar-refractivity contribution in [2.24, 2.45) is 0 Å². The van der Waals surface area contributed by atoms with Gasteiger partial charge in [0.05, 0.1) is 6.42 Å². The zero-order chi connectivity index (χ0) is 14.5. The van der Waals surface area contributed by atoms with Gasteiger partial charge in [0.2, 0.25) is 0 Å². The Hall–Kier alpha value is -2.11. The third kappa shape index (κ3) is 4.22. The van der Waals surface area contributed by atoms with Gasteiger partial charge in [0.25, 0.3) is 0 Å². The maximum Gasteiger partial charge on any atom is 0.317 e. The van der Waals surface area contributed by atoms with Gasteiger partial charge >= 0.3 is 12.0 Å². The molecular formula is C14H17FN2O3. The van der Waals surface area contributed by atoms with Crippen molar-refractivity contribution in [3.05, 3.63) is 35.6 Å². The van der Waals surface area contributed by atoms with Crippen LogP contribution in [0.25, 0.3) is 0 Å². The Morgan fingerprint density at radius 3 is 2.75 bits per heavy atom. The van der Waals surface area contributed by atoms with E-state index in [0.29, 0.717) is 5.56 Å². The summed E-state index contributed by atoms with van der Waals surface area (Å²) < 4.78 is 13.0. The molecule has 1 fully saturated rings. The Balaban J connectivity index is 1.86. The van der Waals surface area contributed by atoms with Crippen molar-refractivity contribution in [3.8, 4) is 0 Å². The molecule has 1 aromatic carbocycles. The Bertz CT molecular complexity index is 503. The number of nitrogens with zero attached hydrogens (tertiary/aromatic N) is 1. The van der Waals surface area contributed by atoms with Crippen LogP contribution < -0.4 is 5.32 Å². The number of carboxylic acids is 1. The van der Waals surface area contributed by atoms with Crippen LogP contribution in [-0.2, 0) is 11.3 Å². The zero-order valence-corrected chi connectivity index (χ0v) is 11.0. The van der Waals surface area contributed by atoms with Gasteiger partial charge in [-0.25, -0.2) is 9.18 Å². The van der Waals surface area contributed by atoms with Crippen LogP contribution in [0.15, 0.2) is 24.3 Å². The molecule has 0 radical (unpaired) electrons. The van der Waals surface area contributed by atoms with E-state index in [1.807, 2.05) is 0 Å². The fourth-order valence-corrected chi connectivity index (χ4v) is 1.98. The van der Waals surface area contributed by atoms with Gasteiger partial charge in [-0.3, -0.25) is 4.79 Å². The first-order valence-corrected chi connectivity index (χ1v) is 6.57. The zero-order valence-electron chi connectivity index (χ0n) is 11.0. The Morgan fingerprint density at radius 2 is 2.15 bits per heavy atom. The molecule has 5 nitrogen and oxygen atoms in total. The molecule has 0 atom stereocenters. The van der Waals surface area contributed by atoms with E-state index in [0.717, 1.165) is 12.8 Å². The van der Waals surface area contributed by atoms with Gasteiger partial charge in [0, 0.05) is 19.1 Å². The van der Waals surface area contributed by atoms with Gasteiger partial charge in [-0.1, -0.05) is 12.1 Å². The molecule has 20 heavy (non-hydrogen) atoms. The number of urea groups is 1. The number of hydrogen-bond acceptors (Lipinski definition) is 2. The topological polar surface area (TPSA) is 69.6 Å². The van der Waals surface area contributed by atoms with Crippen molar-refractivity contribution in [3.63, 3.8) is 0 Å². The molecule has 0 bridgehead atoms. The average molecular weight is 280 g/mol. The van der Waals surface area contributed by atoms with E-state index in [1.54, 1.807) is 17.0 Å². The first-order chi connectivity index (χ1) is 9.56. The number of benzene rings is 1. The normalized spacial score (nSPS) is 13.8. The van der Waals surface area contributed by atoms with Gasteiger partial charge in [-0.15, -0.1) is 0 Å². The molecule has 0 aromatic heterocycles. The predicted molar refractivity (Wildman–Crippen MR) is 70.6 cm³/mol. The highest BCUT2D eigenvalue weighted by Gasteiger charge is 2.32. The lowest BCUT2D eigenvalue weighted by atomic mass is 10.2. The largest absolute Gasteiger partial charge is 0.481 e. The van der Waals surface area contributed by atoms with Gasteiger partial charge in [-0.2, -0.15) is 0 Å². The molecule has 0 aliphatic heterocycles. The minimum atomic E-state index is -0.923. The molecule has 1 aliphatic rings. The van der Waals surface area contributed by atoms with Crippen molar-refractivity contribution < 1.29 is 19.1 Å². The van der Waals surface area contributed by atoms with E-state index in [4.69, 9.17) is 5.11 Å². The van der Waals surface area contributed by atoms with Gasteiger partial charge < -0.3 is 15.3 Å². The molecule has 0 spiro atoms. The minimum Gasteiger partial charge on any atom is -0.481 e. The van der Waals surface area contributed by atoms with Crippen molar-refractivity contribution in [2.75, 3.05) is 6.54 Å². The molecule has 1 aliphatic carbocycles. The summed E-state index contributed by atoms with van der Waals surface area (Å²) in [4.78, 5) is 24.2. The molecular weight excluding hydrogens is 263 g/mol. The average Bonchev–Trinajstić information content (AvgIpc) is 3.21. The molecule has 1 saturated carbocycles. The molecule has 0 heterocycles. The van der Waals surface area contributed by atoms with Crippen LogP contribution in [0.2, 0.25) is 0 Å². The van der Waals surface area contributed by atoms with E-state index in [2.05, 4.69) is 5.32 Å². The summed E-state index contributed by atoms with van der Waals surface area (Å²) in [5, 5.41) is 11.4. The lowest BCUT2D eigenvalue weighted by Crippen LogP contribution is -2.42. The molecule has 0 saturated heterocycles. The van der Waals surface area contributed by atoms with Gasteiger partial charge in [0.15, 0.2) is 0 Å². The molecule has 1 aromatic rings. The first kappa shape index (κ1) is 14.3. The summed E-state index contributed by atoms with van der Waals surface area (Å²) in [6, 6.07) is 5.86. The highest BCUT2D eigenvalue weighted by atomic mass is 19.1. The van der Waals surface area contributed by atoms with Crippen LogP contribution in [0.5, 0.6) is 0 Å². The maximum atomic E-state index is 13.0. The molecule has 2 amide bonds. The number of carbonyl (C=O) groups excluding carboxylic acids is 1. The summed E-state index contributed by atoms with van der Waals surface area (Å²) >= 11 is 0. The second-order valence-electron chi connectivity index (χ2n) is 4.86. The standard InChI is InChI=1S/C14H17FN2O3/c15-11-3-1-2-10(8-11)9-16-14(20)17(12-4-5-12)7-6-13(18)19/h1-3,8,12H,4-7,9H2,(H,16,20)(H,18,19). The van der Waals surface area contributed by atoms with Crippen molar-refractivity contribution >= 4 is 12.0 Å². The minimum absolute atomic E-state index is 0.0656. The van der Waals surface area contributed by atoms with Crippen LogP contribution in [0.3, 0.4) is 0 Å². The fourth-order valence-electron chi connectivity index (χ4n) is 1.98. The van der Waals surface area contributed by atoms with Crippen LogP contribution in [0, 0.1) is 5.82 Å². The number of nitrogens with one attached hydrogen (secondary N) is 1. The van der Waals surface area contributed by atoms with Gasteiger partial charge in [0.1, 0.15) is 5.82 Å². The van der Waals surface area contributed by atoms with Crippen LogP contribution in [0.1, 0.15) is 24.8 Å². The molecule has 108 valence electrons. The Labute approximate surface area is 116 Å². The second-order valence-corrected chi connectivity index (χ2v) is 4.86. The number of carboxylic acid groups (broad SMARTS) is 1. The molecule has 2 N–H and O–H groups in total. The fraction of sp³-hybridized carbons (Fsp3) is 0.429. The summed E-state index contributed by atoms with van der Waals surface area (Å²) in [6.45, 7) is 0.432. The number of carbonyl (C=O) groups is 2. The highest BCUT2D eigenvalue weighted by Crippen LogP contribution is 2.26. The lowest BCUT2D eigenvalue weighted by Gasteiger charge is -2.22. The summed E-state index contributed by atoms with van der Waals surface area (Å²) in [7, 11) is 0. The maximum absolute atomic E-state index is 13.0. The van der Waals surface area contributed by atoms with Crippen LogP contribution in [-0.4, -0.2) is 34.6 Å². The number of amides is 2. The number of hydrogen-bond donors (Lipinski definition) is 2. The Kier molecular flexibility index (Phi) is 4.55. The third-order valence-electron chi connectivity index (χ3n) is 3.15. The molecule has 0 unspecified atom stereocenters. The van der Waals surface area contributed by atoms with E-state index in [9.17, 15) is 14.0 Å². The van der Waals surface area contributed by atoms with E-state index in [-0.39, 0.29) is 37.4 Å². The van der Waals surface area contributed by atoms with Gasteiger partial charge in [-0.05, 0) is 30.5 Å². The van der Waals surface area contributed by atoms with E-state index >= 15 is 0 Å². The predicted octanol–water partition coefficient (Wildman–Crippen LogP) is 1.97. The van der Waals surface area contributed by atoms with Crippen molar-refractivity contribution in [1.29, 1.82) is 0 Å². The number of halogens is 1. The van der Waals surface area contributed by atoms with E-state index in [1.165, 1.54) is 12.1 Å². The third-order valence-corrected chi connectivity index (χ3v) is 3.15.